The first kappa shape index (κ1) is 16.4. The number of fused-ring (bicyclic) bond motifs is 1. The van der Waals surface area contributed by atoms with E-state index >= 15 is 0 Å². The monoisotopic (exact) mass is 335 g/mol. The lowest BCUT2D eigenvalue weighted by molar-refractivity contribution is -0.147. The third-order valence-electron chi connectivity index (χ3n) is 4.81. The zero-order valence-electron chi connectivity index (χ0n) is 13.8. The van der Waals surface area contributed by atoms with E-state index in [1.165, 1.54) is 0 Å². The van der Waals surface area contributed by atoms with Crippen molar-refractivity contribution in [3.63, 3.8) is 0 Å². The van der Waals surface area contributed by atoms with Gasteiger partial charge in [0.15, 0.2) is 0 Å². The minimum absolute atomic E-state index is 0.0248. The van der Waals surface area contributed by atoms with Gasteiger partial charge < -0.3 is 14.8 Å². The number of aromatic amines is 2. The lowest BCUT2D eigenvalue weighted by atomic mass is 10.1. The number of likely N-dealkylation sites (N-methyl/N-ethyl adjacent to an activating group) is 1. The molecule has 2 saturated heterocycles. The number of amides is 2. The van der Waals surface area contributed by atoms with Crippen LogP contribution in [0, 0.1) is 6.92 Å². The summed E-state index contributed by atoms with van der Waals surface area (Å²) in [5.41, 5.74) is -0.479. The predicted molar refractivity (Wildman–Crippen MR) is 85.7 cm³/mol. The summed E-state index contributed by atoms with van der Waals surface area (Å²) in [7, 11) is 1.77. The molecular weight excluding hydrogens is 314 g/mol. The van der Waals surface area contributed by atoms with Crippen molar-refractivity contribution >= 4 is 11.8 Å². The highest BCUT2D eigenvalue weighted by molar-refractivity contribution is 5.85. The first-order valence-corrected chi connectivity index (χ1v) is 7.95. The van der Waals surface area contributed by atoms with Gasteiger partial charge in [-0.2, -0.15) is 0 Å². The standard InChI is InChI=1S/C15H21N5O4/c1-9-10(13(22)17-15(24)16-9)7-12(21)20-6-5-19-4-3-18(2)14(23)11(19)8-20/h11H,3-8H2,1-2H3,(H2,16,17,22,24). The second-order valence-corrected chi connectivity index (χ2v) is 6.34. The Morgan fingerprint density at radius 3 is 2.54 bits per heavy atom. The van der Waals surface area contributed by atoms with Crippen LogP contribution in [0.3, 0.4) is 0 Å². The number of aromatic nitrogens is 2. The molecule has 1 aromatic rings. The fourth-order valence-corrected chi connectivity index (χ4v) is 3.29. The van der Waals surface area contributed by atoms with Gasteiger partial charge in [0.05, 0.1) is 6.42 Å². The number of rotatable bonds is 2. The number of aryl methyl sites for hydroxylation is 1. The van der Waals surface area contributed by atoms with Gasteiger partial charge in [0.25, 0.3) is 5.56 Å². The second-order valence-electron chi connectivity index (χ2n) is 6.34. The summed E-state index contributed by atoms with van der Waals surface area (Å²) < 4.78 is 0. The number of carbonyl (C=O) groups excluding carboxylic acids is 2. The predicted octanol–water partition coefficient (Wildman–Crippen LogP) is -2.10. The van der Waals surface area contributed by atoms with E-state index in [4.69, 9.17) is 0 Å². The molecule has 0 saturated carbocycles. The lowest BCUT2D eigenvalue weighted by Gasteiger charge is -2.45. The zero-order valence-corrected chi connectivity index (χ0v) is 13.8. The highest BCUT2D eigenvalue weighted by atomic mass is 16.2. The number of nitrogens with one attached hydrogen (secondary N) is 2. The van der Waals surface area contributed by atoms with E-state index in [1.54, 1.807) is 23.8 Å². The number of carbonyl (C=O) groups is 2. The summed E-state index contributed by atoms with van der Waals surface area (Å²) >= 11 is 0. The molecule has 0 aliphatic carbocycles. The van der Waals surface area contributed by atoms with Gasteiger partial charge in [0, 0.05) is 51.0 Å². The van der Waals surface area contributed by atoms with E-state index in [0.717, 1.165) is 6.54 Å². The van der Waals surface area contributed by atoms with Crippen LogP contribution in [0.25, 0.3) is 0 Å². The van der Waals surface area contributed by atoms with Crippen LogP contribution in [0.4, 0.5) is 0 Å². The average Bonchev–Trinajstić information content (AvgIpc) is 2.54. The van der Waals surface area contributed by atoms with Gasteiger partial charge in [0.2, 0.25) is 11.8 Å². The normalized spacial score (nSPS) is 21.8. The third-order valence-corrected chi connectivity index (χ3v) is 4.81. The van der Waals surface area contributed by atoms with Crippen LogP contribution < -0.4 is 11.2 Å². The number of nitrogens with zero attached hydrogens (tertiary/aromatic N) is 3. The van der Waals surface area contributed by atoms with E-state index in [0.29, 0.717) is 31.9 Å². The minimum atomic E-state index is -0.585. The summed E-state index contributed by atoms with van der Waals surface area (Å²) in [6.45, 7) is 4.63. The van der Waals surface area contributed by atoms with E-state index in [9.17, 15) is 19.2 Å². The molecule has 130 valence electrons. The van der Waals surface area contributed by atoms with Crippen molar-refractivity contribution in [3.05, 3.63) is 32.1 Å². The average molecular weight is 335 g/mol. The Morgan fingerprint density at radius 2 is 1.83 bits per heavy atom. The second kappa shape index (κ2) is 6.23. The maximum Gasteiger partial charge on any atom is 0.325 e. The Bertz CT molecular complexity index is 783. The number of hydrogen-bond acceptors (Lipinski definition) is 5. The molecule has 0 spiro atoms. The highest BCUT2D eigenvalue weighted by Crippen LogP contribution is 2.16. The summed E-state index contributed by atoms with van der Waals surface area (Å²) in [6, 6.07) is -0.309. The Morgan fingerprint density at radius 1 is 1.12 bits per heavy atom. The first-order valence-electron chi connectivity index (χ1n) is 7.95. The van der Waals surface area contributed by atoms with Crippen LogP contribution in [0.15, 0.2) is 9.59 Å². The molecule has 2 N–H and O–H groups in total. The van der Waals surface area contributed by atoms with E-state index in [2.05, 4.69) is 14.9 Å². The van der Waals surface area contributed by atoms with Crippen LogP contribution >= 0.6 is 0 Å². The molecule has 2 aliphatic heterocycles. The summed E-state index contributed by atoms with van der Waals surface area (Å²) in [4.78, 5) is 58.0. The van der Waals surface area contributed by atoms with Crippen molar-refractivity contribution in [3.8, 4) is 0 Å². The van der Waals surface area contributed by atoms with Crippen molar-refractivity contribution in [2.24, 2.45) is 0 Å². The lowest BCUT2D eigenvalue weighted by Crippen LogP contribution is -2.64. The summed E-state index contributed by atoms with van der Waals surface area (Å²) in [5.74, 6) is -0.187. The van der Waals surface area contributed by atoms with Crippen LogP contribution in [0.1, 0.15) is 11.3 Å². The third kappa shape index (κ3) is 2.99. The molecule has 1 unspecified atom stereocenters. The topological polar surface area (TPSA) is 110 Å². The first-order chi connectivity index (χ1) is 11.4. The highest BCUT2D eigenvalue weighted by Gasteiger charge is 2.38. The smallest absolute Gasteiger partial charge is 0.325 e. The van der Waals surface area contributed by atoms with Gasteiger partial charge in [-0.25, -0.2) is 4.79 Å². The maximum absolute atomic E-state index is 12.6. The van der Waals surface area contributed by atoms with Crippen LogP contribution in [-0.2, 0) is 16.0 Å². The molecule has 2 fully saturated rings. The molecule has 0 radical (unpaired) electrons. The van der Waals surface area contributed by atoms with Crippen molar-refractivity contribution in [1.29, 1.82) is 0 Å². The fourth-order valence-electron chi connectivity index (χ4n) is 3.29. The SMILES string of the molecule is Cc1[nH]c(=O)[nH]c(=O)c1CC(=O)N1CCN2CCN(C)C(=O)C2C1. The molecule has 3 heterocycles. The van der Waals surface area contributed by atoms with Crippen molar-refractivity contribution in [1.82, 2.24) is 24.7 Å². The number of piperazine rings is 2. The Balaban J connectivity index is 1.74. The van der Waals surface area contributed by atoms with E-state index < -0.39 is 11.2 Å². The van der Waals surface area contributed by atoms with Crippen molar-refractivity contribution in [2.45, 2.75) is 19.4 Å². The molecule has 2 aliphatic rings. The fraction of sp³-hybridized carbons (Fsp3) is 0.600. The van der Waals surface area contributed by atoms with Gasteiger partial charge >= 0.3 is 5.69 Å². The van der Waals surface area contributed by atoms with Crippen LogP contribution in [-0.4, -0.2) is 82.3 Å². The molecule has 0 bridgehead atoms. The molecule has 2 amide bonds. The van der Waals surface area contributed by atoms with Crippen molar-refractivity contribution in [2.75, 3.05) is 39.8 Å². The molecule has 9 nitrogen and oxygen atoms in total. The molecule has 3 rings (SSSR count). The largest absolute Gasteiger partial charge is 0.343 e. The Labute approximate surface area is 138 Å². The van der Waals surface area contributed by atoms with Gasteiger partial charge in [-0.3, -0.25) is 24.3 Å². The van der Waals surface area contributed by atoms with Crippen molar-refractivity contribution < 1.29 is 9.59 Å². The van der Waals surface area contributed by atoms with Gasteiger partial charge in [-0.05, 0) is 6.92 Å². The Kier molecular flexibility index (Phi) is 4.27. The zero-order chi connectivity index (χ0) is 17.4. The van der Waals surface area contributed by atoms with Gasteiger partial charge in [-0.15, -0.1) is 0 Å². The maximum atomic E-state index is 12.6. The molecule has 24 heavy (non-hydrogen) atoms. The molecule has 1 atom stereocenters. The van der Waals surface area contributed by atoms with Gasteiger partial charge in [-0.1, -0.05) is 0 Å². The van der Waals surface area contributed by atoms with Gasteiger partial charge in [0.1, 0.15) is 6.04 Å². The summed E-state index contributed by atoms with van der Waals surface area (Å²) in [6.07, 6.45) is -0.0886. The summed E-state index contributed by atoms with van der Waals surface area (Å²) in [5, 5.41) is 0. The minimum Gasteiger partial charge on any atom is -0.343 e. The quantitative estimate of drug-likeness (QED) is 0.643. The van der Waals surface area contributed by atoms with Crippen LogP contribution in [0.2, 0.25) is 0 Å². The number of hydrogen-bond donors (Lipinski definition) is 2. The van der Waals surface area contributed by atoms with Crippen LogP contribution in [0.5, 0.6) is 0 Å². The molecule has 9 heteroatoms. The number of H-pyrrole nitrogens is 2. The van der Waals surface area contributed by atoms with E-state index in [-0.39, 0.29) is 29.8 Å². The van der Waals surface area contributed by atoms with E-state index in [1.807, 2.05) is 0 Å². The molecule has 0 aromatic carbocycles. The molecule has 1 aromatic heterocycles. The molecular formula is C15H21N5O4. The Hall–Kier alpha value is -2.42.